The molecule has 1 unspecified atom stereocenters. The Labute approximate surface area is 162 Å². The van der Waals surface area contributed by atoms with Crippen LogP contribution in [0.2, 0.25) is 0 Å². The van der Waals surface area contributed by atoms with Gasteiger partial charge in [-0.1, -0.05) is 12.1 Å². The highest BCUT2D eigenvalue weighted by Gasteiger charge is 2.21. The van der Waals surface area contributed by atoms with E-state index in [9.17, 15) is 4.79 Å². The monoisotopic (exact) mass is 372 g/mol. The Morgan fingerprint density at radius 2 is 2.07 bits per heavy atom. The predicted molar refractivity (Wildman–Crippen MR) is 105 cm³/mol. The molecule has 0 saturated carbocycles. The molecule has 0 aromatic heterocycles. The third-order valence-corrected chi connectivity index (χ3v) is 6.20. The van der Waals surface area contributed by atoms with Gasteiger partial charge < -0.3 is 14.8 Å². The molecule has 27 heavy (non-hydrogen) atoms. The molecule has 3 aliphatic rings. The summed E-state index contributed by atoms with van der Waals surface area (Å²) in [5, 5.41) is 3.04. The van der Waals surface area contributed by atoms with E-state index >= 15 is 0 Å². The van der Waals surface area contributed by atoms with Gasteiger partial charge in [-0.05, 0) is 68.3 Å². The maximum absolute atomic E-state index is 12.1. The standard InChI is InChI=1S/C22H32N2O3/c25-22(23-15-20-2-1-12-26-20)6-4-17-7-10-24(11-8-17)16-18-3-5-21-19(14-18)9-13-27-21/h3,5,14,17,20H,1-2,4,6-13,15-16H2,(H,23,25). The van der Waals surface area contributed by atoms with Crippen molar-refractivity contribution in [3.8, 4) is 5.75 Å². The summed E-state index contributed by atoms with van der Waals surface area (Å²) in [6, 6.07) is 6.64. The first-order valence-electron chi connectivity index (χ1n) is 10.6. The number of rotatable bonds is 7. The molecule has 1 aromatic carbocycles. The van der Waals surface area contributed by atoms with Crippen molar-refractivity contribution in [3.63, 3.8) is 0 Å². The molecule has 1 amide bonds. The fourth-order valence-electron chi connectivity index (χ4n) is 4.49. The molecule has 0 radical (unpaired) electrons. The van der Waals surface area contributed by atoms with E-state index in [4.69, 9.17) is 9.47 Å². The van der Waals surface area contributed by atoms with E-state index in [-0.39, 0.29) is 12.0 Å². The van der Waals surface area contributed by atoms with Crippen molar-refractivity contribution in [2.45, 2.75) is 57.6 Å². The minimum atomic E-state index is 0.188. The molecule has 1 N–H and O–H groups in total. The average molecular weight is 373 g/mol. The van der Waals surface area contributed by atoms with E-state index < -0.39 is 0 Å². The molecule has 0 spiro atoms. The molecule has 0 bridgehead atoms. The third-order valence-electron chi connectivity index (χ3n) is 6.20. The molecule has 0 aliphatic carbocycles. The maximum atomic E-state index is 12.1. The highest BCUT2D eigenvalue weighted by molar-refractivity contribution is 5.75. The fraction of sp³-hybridized carbons (Fsp3) is 0.682. The van der Waals surface area contributed by atoms with Crippen LogP contribution in [0.15, 0.2) is 18.2 Å². The number of carbonyl (C=O) groups is 1. The normalized spacial score (nSPS) is 23.2. The summed E-state index contributed by atoms with van der Waals surface area (Å²) in [6.07, 6.45) is 7.56. The predicted octanol–water partition coefficient (Wildman–Crippen LogP) is 2.91. The Morgan fingerprint density at radius 1 is 1.19 bits per heavy atom. The number of ether oxygens (including phenoxy) is 2. The van der Waals surface area contributed by atoms with Gasteiger partial charge in [0.15, 0.2) is 0 Å². The molecule has 3 aliphatic heterocycles. The smallest absolute Gasteiger partial charge is 0.220 e. The van der Waals surface area contributed by atoms with Gasteiger partial charge in [0, 0.05) is 32.5 Å². The largest absolute Gasteiger partial charge is 0.493 e. The molecule has 148 valence electrons. The molecule has 2 saturated heterocycles. The lowest BCUT2D eigenvalue weighted by atomic mass is 9.91. The van der Waals surface area contributed by atoms with Crippen LogP contribution in [0.3, 0.4) is 0 Å². The summed E-state index contributed by atoms with van der Waals surface area (Å²) in [4.78, 5) is 14.6. The molecule has 3 heterocycles. The van der Waals surface area contributed by atoms with Crippen LogP contribution >= 0.6 is 0 Å². The van der Waals surface area contributed by atoms with Gasteiger partial charge >= 0.3 is 0 Å². The van der Waals surface area contributed by atoms with Gasteiger partial charge in [0.25, 0.3) is 0 Å². The van der Waals surface area contributed by atoms with Crippen molar-refractivity contribution in [1.82, 2.24) is 10.2 Å². The van der Waals surface area contributed by atoms with Gasteiger partial charge in [0.1, 0.15) is 5.75 Å². The Hall–Kier alpha value is -1.59. The third kappa shape index (κ3) is 5.23. The van der Waals surface area contributed by atoms with Crippen LogP contribution in [0.5, 0.6) is 5.75 Å². The number of carbonyl (C=O) groups excluding carboxylic acids is 1. The number of piperidine rings is 1. The van der Waals surface area contributed by atoms with E-state index in [0.29, 0.717) is 18.9 Å². The van der Waals surface area contributed by atoms with Gasteiger partial charge in [-0.25, -0.2) is 0 Å². The molecular weight excluding hydrogens is 340 g/mol. The quantitative estimate of drug-likeness (QED) is 0.800. The molecule has 2 fully saturated rings. The van der Waals surface area contributed by atoms with Crippen molar-refractivity contribution in [3.05, 3.63) is 29.3 Å². The average Bonchev–Trinajstić information content (AvgIpc) is 3.37. The summed E-state index contributed by atoms with van der Waals surface area (Å²) in [6.45, 7) is 5.65. The highest BCUT2D eigenvalue weighted by atomic mass is 16.5. The highest BCUT2D eigenvalue weighted by Crippen LogP contribution is 2.28. The number of likely N-dealkylation sites (tertiary alicyclic amines) is 1. The number of nitrogens with one attached hydrogen (secondary N) is 1. The van der Waals surface area contributed by atoms with E-state index in [1.54, 1.807) is 0 Å². The Morgan fingerprint density at radius 3 is 2.89 bits per heavy atom. The lowest BCUT2D eigenvalue weighted by molar-refractivity contribution is -0.122. The van der Waals surface area contributed by atoms with Crippen LogP contribution in [-0.2, 0) is 22.5 Å². The van der Waals surface area contributed by atoms with E-state index in [1.807, 2.05) is 0 Å². The van der Waals surface area contributed by atoms with Crippen LogP contribution in [0.1, 0.15) is 49.7 Å². The second-order valence-electron chi connectivity index (χ2n) is 8.24. The van der Waals surface area contributed by atoms with Crippen molar-refractivity contribution in [1.29, 1.82) is 0 Å². The Kier molecular flexibility index (Phi) is 6.30. The van der Waals surface area contributed by atoms with Crippen LogP contribution in [0.25, 0.3) is 0 Å². The minimum absolute atomic E-state index is 0.188. The van der Waals surface area contributed by atoms with Crippen LogP contribution in [0.4, 0.5) is 0 Å². The van der Waals surface area contributed by atoms with Gasteiger partial charge in [-0.3, -0.25) is 9.69 Å². The van der Waals surface area contributed by atoms with E-state index in [2.05, 4.69) is 28.4 Å². The van der Waals surface area contributed by atoms with Crippen molar-refractivity contribution >= 4 is 5.91 Å². The summed E-state index contributed by atoms with van der Waals surface area (Å²) in [5.41, 5.74) is 2.75. The minimum Gasteiger partial charge on any atom is -0.493 e. The number of hydrogen-bond donors (Lipinski definition) is 1. The van der Waals surface area contributed by atoms with Crippen LogP contribution in [-0.4, -0.2) is 49.8 Å². The number of nitrogens with zero attached hydrogens (tertiary/aromatic N) is 1. The first-order valence-corrected chi connectivity index (χ1v) is 10.6. The van der Waals surface area contributed by atoms with Crippen LogP contribution < -0.4 is 10.1 Å². The van der Waals surface area contributed by atoms with Crippen molar-refractivity contribution in [2.24, 2.45) is 5.92 Å². The zero-order chi connectivity index (χ0) is 18.5. The maximum Gasteiger partial charge on any atom is 0.220 e. The van der Waals surface area contributed by atoms with Crippen LogP contribution in [0, 0.1) is 5.92 Å². The molecule has 5 nitrogen and oxygen atoms in total. The van der Waals surface area contributed by atoms with Gasteiger partial charge in [0.05, 0.1) is 12.7 Å². The zero-order valence-corrected chi connectivity index (χ0v) is 16.3. The molecule has 1 atom stereocenters. The summed E-state index contributed by atoms with van der Waals surface area (Å²) >= 11 is 0. The Balaban J connectivity index is 1.13. The number of hydrogen-bond acceptors (Lipinski definition) is 4. The zero-order valence-electron chi connectivity index (χ0n) is 16.3. The lowest BCUT2D eigenvalue weighted by Gasteiger charge is -2.32. The van der Waals surface area contributed by atoms with E-state index in [0.717, 1.165) is 64.3 Å². The van der Waals surface area contributed by atoms with Gasteiger partial charge in [-0.15, -0.1) is 0 Å². The molecule has 5 heteroatoms. The molecule has 4 rings (SSSR count). The van der Waals surface area contributed by atoms with Gasteiger partial charge in [-0.2, -0.15) is 0 Å². The molecule has 1 aromatic rings. The SMILES string of the molecule is O=C(CCC1CCN(Cc2ccc3c(c2)CCO3)CC1)NCC1CCCO1. The first-order chi connectivity index (χ1) is 13.3. The summed E-state index contributed by atoms with van der Waals surface area (Å²) in [7, 11) is 0. The number of fused-ring (bicyclic) bond motifs is 1. The topological polar surface area (TPSA) is 50.8 Å². The summed E-state index contributed by atoms with van der Waals surface area (Å²) < 4.78 is 11.2. The second kappa shape index (κ2) is 9.07. The second-order valence-corrected chi connectivity index (χ2v) is 8.24. The van der Waals surface area contributed by atoms with Gasteiger partial charge in [0.2, 0.25) is 5.91 Å². The number of amides is 1. The van der Waals surface area contributed by atoms with Crippen molar-refractivity contribution in [2.75, 3.05) is 32.8 Å². The fourth-order valence-corrected chi connectivity index (χ4v) is 4.49. The number of benzene rings is 1. The molecular formula is C22H32N2O3. The Bertz CT molecular complexity index is 634. The summed E-state index contributed by atoms with van der Waals surface area (Å²) in [5.74, 6) is 1.94. The van der Waals surface area contributed by atoms with E-state index in [1.165, 1.54) is 24.0 Å². The first kappa shape index (κ1) is 18.8. The van der Waals surface area contributed by atoms with Crippen molar-refractivity contribution < 1.29 is 14.3 Å². The lowest BCUT2D eigenvalue weighted by Crippen LogP contribution is -2.34.